The van der Waals surface area contributed by atoms with Gasteiger partial charge < -0.3 is 14.0 Å². The second-order valence-corrected chi connectivity index (χ2v) is 9.56. The normalized spacial score (nSPS) is 12.0. The molecule has 1 aromatic rings. The van der Waals surface area contributed by atoms with Crippen molar-refractivity contribution in [3.05, 3.63) is 35.4 Å². The Balaban J connectivity index is 0.00000961. The van der Waals surface area contributed by atoms with Crippen LogP contribution >= 0.6 is 0 Å². The number of carbonyl (C=O) groups is 2. The van der Waals surface area contributed by atoms with Gasteiger partial charge in [0.05, 0.1) is 23.0 Å². The third-order valence-corrected chi connectivity index (χ3v) is 6.16. The second kappa shape index (κ2) is 18.1. The largest absolute Gasteiger partial charge is 1.00 e. The van der Waals surface area contributed by atoms with E-state index in [-0.39, 0.29) is 69.1 Å². The number of esters is 2. The van der Waals surface area contributed by atoms with Crippen LogP contribution in [-0.4, -0.2) is 43.4 Å². The number of rotatable bonds is 16. The van der Waals surface area contributed by atoms with Crippen LogP contribution in [0.1, 0.15) is 98.8 Å². The average molecular weight is 495 g/mol. The standard InChI is InChI=1S/C23H36O7S.K/c1-3-4-5-6-7-8-9-10-11-14-17-29-22(24)20-15-12-13-16-21(20)23(25)30-18-19(2)31(26,27)28;/h12-13,15-16,19H,3-11,14,17-18H2,1-2H3,(H,26,27,28);/q;+1/p-1. The van der Waals surface area contributed by atoms with Gasteiger partial charge >= 0.3 is 63.3 Å². The molecule has 32 heavy (non-hydrogen) atoms. The minimum Gasteiger partial charge on any atom is -0.748 e. The van der Waals surface area contributed by atoms with Gasteiger partial charge in [0, 0.05) is 0 Å². The number of hydrogen-bond acceptors (Lipinski definition) is 7. The summed E-state index contributed by atoms with van der Waals surface area (Å²) in [7, 11) is -4.56. The molecule has 0 aliphatic heterocycles. The maximum absolute atomic E-state index is 12.4. The van der Waals surface area contributed by atoms with Gasteiger partial charge in [0.15, 0.2) is 0 Å². The molecule has 0 radical (unpaired) electrons. The minimum atomic E-state index is -4.56. The summed E-state index contributed by atoms with van der Waals surface area (Å²) in [5.41, 5.74) is 0.0308. The van der Waals surface area contributed by atoms with Gasteiger partial charge in [-0.2, -0.15) is 0 Å². The Kier molecular flexibility index (Phi) is 17.9. The minimum absolute atomic E-state index is 0. The molecule has 0 saturated heterocycles. The first-order valence-corrected chi connectivity index (χ1v) is 12.6. The van der Waals surface area contributed by atoms with E-state index in [1.807, 2.05) is 0 Å². The van der Waals surface area contributed by atoms with Crippen LogP contribution in [0.3, 0.4) is 0 Å². The first kappa shape index (κ1) is 31.7. The van der Waals surface area contributed by atoms with Gasteiger partial charge in [-0.3, -0.25) is 0 Å². The van der Waals surface area contributed by atoms with Gasteiger partial charge in [0.1, 0.15) is 16.7 Å². The molecule has 0 spiro atoms. The number of carbonyl (C=O) groups excluding carboxylic acids is 2. The van der Waals surface area contributed by atoms with Gasteiger partial charge in [-0.15, -0.1) is 0 Å². The van der Waals surface area contributed by atoms with Gasteiger partial charge in [-0.05, 0) is 25.5 Å². The molecule has 9 heteroatoms. The molecule has 7 nitrogen and oxygen atoms in total. The Bertz CT molecular complexity index is 780. The van der Waals surface area contributed by atoms with Crippen molar-refractivity contribution in [3.8, 4) is 0 Å². The van der Waals surface area contributed by atoms with Gasteiger partial charge in [0.2, 0.25) is 0 Å². The molecule has 0 aliphatic rings. The summed E-state index contributed by atoms with van der Waals surface area (Å²) >= 11 is 0. The summed E-state index contributed by atoms with van der Waals surface area (Å²) < 4.78 is 42.9. The van der Waals surface area contributed by atoms with Crippen LogP contribution in [0, 0.1) is 0 Å². The fourth-order valence-electron chi connectivity index (χ4n) is 3.03. The summed E-state index contributed by atoms with van der Waals surface area (Å²) in [6.45, 7) is 3.06. The molecule has 1 aromatic carbocycles. The predicted octanol–water partition coefficient (Wildman–Crippen LogP) is 1.86. The smallest absolute Gasteiger partial charge is 0.748 e. The van der Waals surface area contributed by atoms with E-state index in [1.165, 1.54) is 57.1 Å². The van der Waals surface area contributed by atoms with Crippen molar-refractivity contribution in [1.82, 2.24) is 0 Å². The number of benzene rings is 1. The fourth-order valence-corrected chi connectivity index (χ4v) is 3.26. The van der Waals surface area contributed by atoms with E-state index in [9.17, 15) is 22.6 Å². The number of unbranched alkanes of at least 4 members (excludes halogenated alkanes) is 9. The molecule has 0 N–H and O–H groups in total. The molecule has 0 saturated carbocycles. The Morgan fingerprint density at radius 2 is 1.28 bits per heavy atom. The first-order valence-electron chi connectivity index (χ1n) is 11.1. The van der Waals surface area contributed by atoms with Crippen molar-refractivity contribution >= 4 is 22.1 Å². The van der Waals surface area contributed by atoms with Crippen molar-refractivity contribution in [2.75, 3.05) is 13.2 Å². The topological polar surface area (TPSA) is 110 Å². The van der Waals surface area contributed by atoms with Crippen molar-refractivity contribution in [2.24, 2.45) is 0 Å². The Morgan fingerprint density at radius 3 is 1.75 bits per heavy atom. The molecule has 0 aliphatic carbocycles. The van der Waals surface area contributed by atoms with E-state index < -0.39 is 33.9 Å². The molecule has 0 heterocycles. The van der Waals surface area contributed by atoms with E-state index in [0.717, 1.165) is 26.2 Å². The summed E-state index contributed by atoms with van der Waals surface area (Å²) in [4.78, 5) is 24.6. The van der Waals surface area contributed by atoms with Gasteiger partial charge in [-0.1, -0.05) is 76.8 Å². The predicted molar refractivity (Wildman–Crippen MR) is 118 cm³/mol. The van der Waals surface area contributed by atoms with Crippen LogP contribution in [0.25, 0.3) is 0 Å². The van der Waals surface area contributed by atoms with Crippen LogP contribution in [0.4, 0.5) is 0 Å². The van der Waals surface area contributed by atoms with Crippen molar-refractivity contribution in [3.63, 3.8) is 0 Å². The average Bonchev–Trinajstić information content (AvgIpc) is 2.74. The molecule has 1 atom stereocenters. The van der Waals surface area contributed by atoms with Crippen LogP contribution < -0.4 is 51.4 Å². The van der Waals surface area contributed by atoms with Crippen molar-refractivity contribution in [1.29, 1.82) is 0 Å². The molecule has 1 rings (SSSR count). The maximum Gasteiger partial charge on any atom is 1.00 e. The van der Waals surface area contributed by atoms with Crippen molar-refractivity contribution in [2.45, 2.75) is 83.3 Å². The summed E-state index contributed by atoms with van der Waals surface area (Å²) in [6.07, 6.45) is 11.7. The third-order valence-electron chi connectivity index (χ3n) is 5.04. The second-order valence-electron chi connectivity index (χ2n) is 7.77. The summed E-state index contributed by atoms with van der Waals surface area (Å²) in [5, 5.41) is -1.37. The summed E-state index contributed by atoms with van der Waals surface area (Å²) in [6, 6.07) is 6.00. The molecular weight excluding hydrogens is 459 g/mol. The molecule has 0 bridgehead atoms. The molecule has 0 fully saturated rings. The van der Waals surface area contributed by atoms with Crippen LogP contribution in [0.15, 0.2) is 24.3 Å². The SMILES string of the molecule is CCCCCCCCCCCCOC(=O)c1ccccc1C(=O)OCC(C)S(=O)(=O)[O-].[K+]. The number of ether oxygens (including phenoxy) is 2. The van der Waals surface area contributed by atoms with E-state index in [2.05, 4.69) is 6.92 Å². The van der Waals surface area contributed by atoms with E-state index in [4.69, 9.17) is 9.47 Å². The fraction of sp³-hybridized carbons (Fsp3) is 0.652. The van der Waals surface area contributed by atoms with Crippen molar-refractivity contribution < 1.29 is 83.4 Å². The van der Waals surface area contributed by atoms with E-state index >= 15 is 0 Å². The molecule has 176 valence electrons. The first-order chi connectivity index (χ1) is 14.8. The molecular formula is C23H35KO7S. The zero-order valence-corrected chi connectivity index (χ0v) is 23.6. The van der Waals surface area contributed by atoms with Gasteiger partial charge in [0.25, 0.3) is 0 Å². The summed E-state index contributed by atoms with van der Waals surface area (Å²) in [5.74, 6) is -1.50. The van der Waals surface area contributed by atoms with Crippen LogP contribution in [-0.2, 0) is 19.6 Å². The van der Waals surface area contributed by atoms with E-state index in [1.54, 1.807) is 12.1 Å². The maximum atomic E-state index is 12.4. The van der Waals surface area contributed by atoms with E-state index in [0.29, 0.717) is 0 Å². The molecule has 1 unspecified atom stereocenters. The zero-order valence-electron chi connectivity index (χ0n) is 19.6. The quantitative estimate of drug-likeness (QED) is 0.149. The van der Waals surface area contributed by atoms with Crippen LogP contribution in [0.2, 0.25) is 0 Å². The monoisotopic (exact) mass is 494 g/mol. The van der Waals surface area contributed by atoms with Gasteiger partial charge in [-0.25, -0.2) is 18.0 Å². The Hall–Kier alpha value is -0.294. The Labute approximate surface area is 235 Å². The molecule has 0 amide bonds. The number of hydrogen-bond donors (Lipinski definition) is 0. The van der Waals surface area contributed by atoms with Crippen LogP contribution in [0.5, 0.6) is 0 Å². The third kappa shape index (κ3) is 13.4. The molecule has 0 aromatic heterocycles. The Morgan fingerprint density at radius 1 is 0.844 bits per heavy atom. The zero-order chi connectivity index (χ0) is 23.1.